The largest absolute Gasteiger partial charge is 0.298 e. The van der Waals surface area contributed by atoms with Gasteiger partial charge in [-0.2, -0.15) is 0 Å². The molecule has 1 aromatic heterocycles. The van der Waals surface area contributed by atoms with Gasteiger partial charge < -0.3 is 0 Å². The lowest BCUT2D eigenvalue weighted by Crippen LogP contribution is -2.02. The molecule has 2 nitrogen and oxygen atoms in total. The third-order valence-electron chi connectivity index (χ3n) is 1.64. The van der Waals surface area contributed by atoms with Gasteiger partial charge in [0.2, 0.25) is 0 Å². The summed E-state index contributed by atoms with van der Waals surface area (Å²) in [4.78, 5) is 14.2. The van der Waals surface area contributed by atoms with Gasteiger partial charge in [0, 0.05) is 17.6 Å². The van der Waals surface area contributed by atoms with Gasteiger partial charge in [-0.25, -0.2) is 8.78 Å². The molecule has 0 amide bonds. The Bertz CT molecular complexity index is 359. The van der Waals surface area contributed by atoms with Crippen molar-refractivity contribution in [3.05, 3.63) is 26.6 Å². The van der Waals surface area contributed by atoms with Crippen molar-refractivity contribution in [2.45, 2.75) is 12.3 Å². The second-order valence-corrected chi connectivity index (χ2v) is 3.79. The van der Waals surface area contributed by atoms with E-state index in [1.54, 1.807) is 22.6 Å². The molecule has 0 saturated carbocycles. The Kier molecular flexibility index (Phi) is 4.18. The number of rotatable bonds is 3. The van der Waals surface area contributed by atoms with Gasteiger partial charge in [0.25, 0.3) is 6.43 Å². The number of alkyl halides is 3. The molecule has 0 fully saturated rings. The van der Waals surface area contributed by atoms with Gasteiger partial charge in [0.1, 0.15) is 5.69 Å². The Labute approximate surface area is 97.8 Å². The molecule has 0 spiro atoms. The van der Waals surface area contributed by atoms with Crippen molar-refractivity contribution in [2.75, 3.05) is 0 Å². The van der Waals surface area contributed by atoms with E-state index in [1.807, 2.05) is 0 Å². The molecule has 0 radical (unpaired) electrons. The van der Waals surface area contributed by atoms with E-state index in [2.05, 4.69) is 4.98 Å². The quantitative estimate of drug-likeness (QED) is 0.484. The first kappa shape index (κ1) is 11.8. The Morgan fingerprint density at radius 2 is 2.29 bits per heavy atom. The van der Waals surface area contributed by atoms with Crippen LogP contribution in [-0.2, 0) is 5.88 Å². The molecule has 0 aliphatic rings. The van der Waals surface area contributed by atoms with Gasteiger partial charge in [-0.15, -0.1) is 11.6 Å². The van der Waals surface area contributed by atoms with Crippen LogP contribution < -0.4 is 0 Å². The third-order valence-corrected chi connectivity index (χ3v) is 3.06. The molecule has 0 aliphatic carbocycles. The number of nitrogens with zero attached hydrogens (tertiary/aromatic N) is 1. The third kappa shape index (κ3) is 2.20. The standard InChI is InChI=1S/C8H5ClF2INO/c9-1-4-2-13-7(8(10)11)6(12)5(4)3-14/h2-3,8H,1H2. The number of carbonyl (C=O) groups excluding carboxylic acids is 1. The first-order valence-corrected chi connectivity index (χ1v) is 5.19. The highest BCUT2D eigenvalue weighted by atomic mass is 127. The zero-order chi connectivity index (χ0) is 10.7. The minimum absolute atomic E-state index is 0.0839. The second kappa shape index (κ2) is 4.97. The highest BCUT2D eigenvalue weighted by Gasteiger charge is 2.18. The Balaban J connectivity index is 3.34. The Morgan fingerprint density at radius 3 is 2.71 bits per heavy atom. The lowest BCUT2D eigenvalue weighted by atomic mass is 10.1. The predicted molar refractivity (Wildman–Crippen MR) is 56.9 cm³/mol. The van der Waals surface area contributed by atoms with Crippen LogP contribution in [-0.4, -0.2) is 11.3 Å². The summed E-state index contributed by atoms with van der Waals surface area (Å²) in [5.74, 6) is 0.0839. The zero-order valence-corrected chi connectivity index (χ0v) is 9.72. The predicted octanol–water partition coefficient (Wildman–Crippen LogP) is 3.18. The molecule has 14 heavy (non-hydrogen) atoms. The van der Waals surface area contributed by atoms with Crippen LogP contribution in [0.1, 0.15) is 28.0 Å². The summed E-state index contributed by atoms with van der Waals surface area (Å²) in [6, 6.07) is 0. The summed E-state index contributed by atoms with van der Waals surface area (Å²) in [6.45, 7) is 0. The van der Waals surface area contributed by atoms with Gasteiger partial charge in [0.05, 0.1) is 3.57 Å². The molecule has 0 saturated heterocycles. The zero-order valence-electron chi connectivity index (χ0n) is 6.81. The molecule has 6 heteroatoms. The van der Waals surface area contributed by atoms with Crippen molar-refractivity contribution >= 4 is 40.5 Å². The molecule has 0 aromatic carbocycles. The maximum absolute atomic E-state index is 12.4. The van der Waals surface area contributed by atoms with Crippen LogP contribution in [0.3, 0.4) is 0 Å². The molecule has 0 unspecified atom stereocenters. The number of aromatic nitrogens is 1. The summed E-state index contributed by atoms with van der Waals surface area (Å²) in [6.07, 6.45) is -0.946. The van der Waals surface area contributed by atoms with E-state index >= 15 is 0 Å². The van der Waals surface area contributed by atoms with E-state index in [1.165, 1.54) is 6.20 Å². The molecular weight excluding hydrogens is 326 g/mol. The minimum atomic E-state index is -2.68. The van der Waals surface area contributed by atoms with E-state index < -0.39 is 6.43 Å². The molecule has 0 bridgehead atoms. The Hall–Kier alpha value is -0.300. The fourth-order valence-corrected chi connectivity index (χ4v) is 2.00. The fraction of sp³-hybridized carbons (Fsp3) is 0.250. The molecule has 0 N–H and O–H groups in total. The van der Waals surface area contributed by atoms with E-state index in [0.29, 0.717) is 11.8 Å². The normalized spacial score (nSPS) is 10.6. The number of hydrogen-bond acceptors (Lipinski definition) is 2. The van der Waals surface area contributed by atoms with E-state index in [-0.39, 0.29) is 20.7 Å². The highest BCUT2D eigenvalue weighted by molar-refractivity contribution is 14.1. The van der Waals surface area contributed by atoms with Crippen LogP contribution in [0.5, 0.6) is 0 Å². The molecule has 76 valence electrons. The summed E-state index contributed by atoms with van der Waals surface area (Å²) < 4.78 is 24.9. The molecule has 1 aromatic rings. The van der Waals surface area contributed by atoms with E-state index in [9.17, 15) is 13.6 Å². The smallest absolute Gasteiger partial charge is 0.281 e. The fourth-order valence-electron chi connectivity index (χ4n) is 0.939. The molecular formula is C8H5ClF2INO. The topological polar surface area (TPSA) is 30.0 Å². The van der Waals surface area contributed by atoms with Gasteiger partial charge in [-0.1, -0.05) is 0 Å². The van der Waals surface area contributed by atoms with Crippen LogP contribution in [0.25, 0.3) is 0 Å². The average molecular weight is 331 g/mol. The second-order valence-electron chi connectivity index (χ2n) is 2.45. The van der Waals surface area contributed by atoms with Crippen molar-refractivity contribution < 1.29 is 13.6 Å². The van der Waals surface area contributed by atoms with Crippen LogP contribution in [0.4, 0.5) is 8.78 Å². The molecule has 0 atom stereocenters. The van der Waals surface area contributed by atoms with Gasteiger partial charge in [0.15, 0.2) is 6.29 Å². The number of halogens is 4. The van der Waals surface area contributed by atoms with Gasteiger partial charge >= 0.3 is 0 Å². The van der Waals surface area contributed by atoms with Crippen molar-refractivity contribution in [3.63, 3.8) is 0 Å². The van der Waals surface area contributed by atoms with Crippen LogP contribution in [0.15, 0.2) is 6.20 Å². The number of carbonyl (C=O) groups is 1. The summed E-state index contributed by atoms with van der Waals surface area (Å²) in [7, 11) is 0. The first-order valence-electron chi connectivity index (χ1n) is 3.58. The number of pyridine rings is 1. The van der Waals surface area contributed by atoms with Crippen LogP contribution in [0.2, 0.25) is 0 Å². The van der Waals surface area contributed by atoms with E-state index in [4.69, 9.17) is 11.6 Å². The van der Waals surface area contributed by atoms with Crippen molar-refractivity contribution in [1.29, 1.82) is 0 Å². The molecule has 1 rings (SSSR count). The summed E-state index contributed by atoms with van der Waals surface area (Å²) in [5, 5.41) is 0. The van der Waals surface area contributed by atoms with Crippen molar-refractivity contribution in [1.82, 2.24) is 4.98 Å². The van der Waals surface area contributed by atoms with Crippen LogP contribution in [0, 0.1) is 3.57 Å². The first-order chi connectivity index (χ1) is 6.61. The lowest BCUT2D eigenvalue weighted by Gasteiger charge is -2.07. The van der Waals surface area contributed by atoms with Crippen molar-refractivity contribution in [2.24, 2.45) is 0 Å². The van der Waals surface area contributed by atoms with E-state index in [0.717, 1.165) is 0 Å². The molecule has 1 heterocycles. The monoisotopic (exact) mass is 331 g/mol. The van der Waals surface area contributed by atoms with Crippen LogP contribution >= 0.6 is 34.2 Å². The Morgan fingerprint density at radius 1 is 1.64 bits per heavy atom. The summed E-state index contributed by atoms with van der Waals surface area (Å²) in [5.41, 5.74) is 0.294. The molecule has 0 aliphatic heterocycles. The SMILES string of the molecule is O=Cc1c(CCl)cnc(C(F)F)c1I. The average Bonchev–Trinajstić information content (AvgIpc) is 2.16. The number of aldehydes is 1. The lowest BCUT2D eigenvalue weighted by molar-refractivity contribution is 0.112. The minimum Gasteiger partial charge on any atom is -0.298 e. The number of hydrogen-bond donors (Lipinski definition) is 0. The van der Waals surface area contributed by atoms with Gasteiger partial charge in [-0.3, -0.25) is 9.78 Å². The summed E-state index contributed by atoms with van der Waals surface area (Å²) >= 11 is 7.20. The van der Waals surface area contributed by atoms with Gasteiger partial charge in [-0.05, 0) is 28.2 Å². The highest BCUT2D eigenvalue weighted by Crippen LogP contribution is 2.26. The van der Waals surface area contributed by atoms with Crippen molar-refractivity contribution in [3.8, 4) is 0 Å². The maximum Gasteiger partial charge on any atom is 0.281 e. The maximum atomic E-state index is 12.4.